The zero-order valence-electron chi connectivity index (χ0n) is 13.5. The predicted molar refractivity (Wildman–Crippen MR) is 99.9 cm³/mol. The molecule has 2 heterocycles. The van der Waals surface area contributed by atoms with Gasteiger partial charge in [0.1, 0.15) is 11.6 Å². The quantitative estimate of drug-likeness (QED) is 0.548. The zero-order valence-corrected chi connectivity index (χ0v) is 14.3. The summed E-state index contributed by atoms with van der Waals surface area (Å²) in [7, 11) is 0. The molecule has 130 valence electrons. The molecular formula is C19H14FN3O2S. The number of ether oxygens (including phenoxy) is 1. The Morgan fingerprint density at radius 2 is 2.00 bits per heavy atom. The second kappa shape index (κ2) is 6.97. The van der Waals surface area contributed by atoms with Crippen LogP contribution in [0.15, 0.2) is 60.1 Å². The molecule has 0 atom stereocenters. The number of carbonyl (C=O) groups is 1. The largest absolute Gasteiger partial charge is 0.484 e. The molecule has 0 radical (unpaired) electrons. The SMILES string of the molecule is O=C(COc1ccc(F)cc1)Nc1nc(-c2c[nH]c3ccccc23)cs1. The standard InChI is InChI=1S/C19H14FN3O2S/c20-12-5-7-13(8-6-12)25-10-18(24)23-19-22-17(11-26-19)15-9-21-16-4-2-1-3-14(15)16/h1-9,11,21H,10H2,(H,22,23,24). The van der Waals surface area contributed by atoms with Crippen LogP contribution in [0.25, 0.3) is 22.2 Å². The lowest BCUT2D eigenvalue weighted by molar-refractivity contribution is -0.118. The molecule has 0 aliphatic heterocycles. The van der Waals surface area contributed by atoms with Crippen molar-refractivity contribution in [1.29, 1.82) is 0 Å². The first kappa shape index (κ1) is 16.3. The van der Waals surface area contributed by atoms with Crippen LogP contribution in [0, 0.1) is 5.82 Å². The highest BCUT2D eigenvalue weighted by molar-refractivity contribution is 7.14. The number of benzene rings is 2. The van der Waals surface area contributed by atoms with E-state index in [2.05, 4.69) is 15.3 Å². The third kappa shape index (κ3) is 3.43. The topological polar surface area (TPSA) is 67.0 Å². The third-order valence-corrected chi connectivity index (χ3v) is 4.56. The van der Waals surface area contributed by atoms with Gasteiger partial charge in [0.15, 0.2) is 11.7 Å². The monoisotopic (exact) mass is 367 g/mol. The number of hydrogen-bond acceptors (Lipinski definition) is 4. The molecule has 2 aromatic heterocycles. The van der Waals surface area contributed by atoms with E-state index in [1.807, 2.05) is 35.8 Å². The van der Waals surface area contributed by atoms with Gasteiger partial charge in [-0.15, -0.1) is 11.3 Å². The fourth-order valence-electron chi connectivity index (χ4n) is 2.57. The van der Waals surface area contributed by atoms with Crippen molar-refractivity contribution in [3.05, 3.63) is 65.9 Å². The summed E-state index contributed by atoms with van der Waals surface area (Å²) in [6, 6.07) is 13.5. The molecule has 7 heteroatoms. The van der Waals surface area contributed by atoms with Crippen LogP contribution in [0.2, 0.25) is 0 Å². The molecule has 0 unspecified atom stereocenters. The van der Waals surface area contributed by atoms with E-state index in [0.717, 1.165) is 22.2 Å². The molecule has 0 spiro atoms. The number of hydrogen-bond donors (Lipinski definition) is 2. The lowest BCUT2D eigenvalue weighted by Gasteiger charge is -2.05. The maximum Gasteiger partial charge on any atom is 0.264 e. The van der Waals surface area contributed by atoms with Gasteiger partial charge in [-0.1, -0.05) is 18.2 Å². The summed E-state index contributed by atoms with van der Waals surface area (Å²) in [5, 5.41) is 6.19. The molecule has 0 saturated carbocycles. The number of H-pyrrole nitrogens is 1. The van der Waals surface area contributed by atoms with Gasteiger partial charge >= 0.3 is 0 Å². The van der Waals surface area contributed by atoms with Crippen molar-refractivity contribution in [1.82, 2.24) is 9.97 Å². The summed E-state index contributed by atoms with van der Waals surface area (Å²) in [6.45, 7) is -0.173. The fraction of sp³-hybridized carbons (Fsp3) is 0.0526. The molecule has 0 aliphatic carbocycles. The van der Waals surface area contributed by atoms with Gasteiger partial charge in [0, 0.05) is 28.0 Å². The molecule has 4 rings (SSSR count). The summed E-state index contributed by atoms with van der Waals surface area (Å²) >= 11 is 1.35. The van der Waals surface area contributed by atoms with E-state index < -0.39 is 0 Å². The van der Waals surface area contributed by atoms with Gasteiger partial charge in [-0.2, -0.15) is 0 Å². The van der Waals surface area contributed by atoms with E-state index in [1.165, 1.54) is 35.6 Å². The van der Waals surface area contributed by atoms with Crippen molar-refractivity contribution in [2.75, 3.05) is 11.9 Å². The highest BCUT2D eigenvalue weighted by Crippen LogP contribution is 2.30. The number of amides is 1. The van der Waals surface area contributed by atoms with Gasteiger partial charge in [-0.3, -0.25) is 10.1 Å². The Labute approximate surface area is 152 Å². The number of aromatic amines is 1. The summed E-state index contributed by atoms with van der Waals surface area (Å²) < 4.78 is 18.2. The van der Waals surface area contributed by atoms with Crippen LogP contribution in [0.3, 0.4) is 0 Å². The van der Waals surface area contributed by atoms with Gasteiger partial charge in [0.25, 0.3) is 5.91 Å². The highest BCUT2D eigenvalue weighted by Gasteiger charge is 2.12. The van der Waals surface area contributed by atoms with Crippen LogP contribution >= 0.6 is 11.3 Å². The number of thiazole rings is 1. The predicted octanol–water partition coefficient (Wildman–Crippen LogP) is 4.45. The minimum atomic E-state index is -0.352. The maximum atomic E-state index is 12.8. The van der Waals surface area contributed by atoms with Gasteiger partial charge in [-0.25, -0.2) is 9.37 Å². The van der Waals surface area contributed by atoms with Crippen molar-refractivity contribution in [3.8, 4) is 17.0 Å². The van der Waals surface area contributed by atoms with Gasteiger partial charge in [0.05, 0.1) is 5.69 Å². The van der Waals surface area contributed by atoms with Crippen LogP contribution in [0.5, 0.6) is 5.75 Å². The molecule has 1 amide bonds. The average molecular weight is 367 g/mol. The van der Waals surface area contributed by atoms with Crippen LogP contribution < -0.4 is 10.1 Å². The number of anilines is 1. The Bertz CT molecular complexity index is 1060. The van der Waals surface area contributed by atoms with Crippen LogP contribution in [-0.4, -0.2) is 22.5 Å². The number of rotatable bonds is 5. The molecule has 0 saturated heterocycles. The Balaban J connectivity index is 1.41. The van der Waals surface area contributed by atoms with Crippen molar-refractivity contribution in [2.24, 2.45) is 0 Å². The summed E-state index contributed by atoms with van der Waals surface area (Å²) in [5.74, 6) is -0.247. The summed E-state index contributed by atoms with van der Waals surface area (Å²) in [4.78, 5) is 19.7. The first-order chi connectivity index (χ1) is 12.7. The second-order valence-corrected chi connectivity index (χ2v) is 6.43. The Kier molecular flexibility index (Phi) is 4.37. The number of carbonyl (C=O) groups excluding carboxylic acids is 1. The van der Waals surface area contributed by atoms with Crippen LogP contribution in [0.1, 0.15) is 0 Å². The Morgan fingerprint density at radius 1 is 1.19 bits per heavy atom. The molecule has 0 aliphatic rings. The lowest BCUT2D eigenvalue weighted by atomic mass is 10.1. The van der Waals surface area contributed by atoms with Crippen molar-refractivity contribution >= 4 is 33.3 Å². The molecule has 4 aromatic rings. The normalized spacial score (nSPS) is 10.8. The number of nitrogens with zero attached hydrogens (tertiary/aromatic N) is 1. The lowest BCUT2D eigenvalue weighted by Crippen LogP contribution is -2.20. The average Bonchev–Trinajstić information content (AvgIpc) is 3.28. The molecule has 5 nitrogen and oxygen atoms in total. The van der Waals surface area contributed by atoms with Gasteiger partial charge in [0.2, 0.25) is 0 Å². The molecule has 0 bridgehead atoms. The minimum absolute atomic E-state index is 0.173. The van der Waals surface area contributed by atoms with Crippen molar-refractivity contribution < 1.29 is 13.9 Å². The first-order valence-electron chi connectivity index (χ1n) is 7.89. The molecule has 2 N–H and O–H groups in total. The number of nitrogens with one attached hydrogen (secondary N) is 2. The van der Waals surface area contributed by atoms with Crippen molar-refractivity contribution in [3.63, 3.8) is 0 Å². The van der Waals surface area contributed by atoms with Crippen LogP contribution in [0.4, 0.5) is 9.52 Å². The second-order valence-electron chi connectivity index (χ2n) is 5.58. The number of fused-ring (bicyclic) bond motifs is 1. The first-order valence-corrected chi connectivity index (χ1v) is 8.77. The Morgan fingerprint density at radius 3 is 2.85 bits per heavy atom. The van der Waals surface area contributed by atoms with E-state index >= 15 is 0 Å². The van der Waals surface area contributed by atoms with E-state index in [9.17, 15) is 9.18 Å². The third-order valence-electron chi connectivity index (χ3n) is 3.80. The number of halogens is 1. The van der Waals surface area contributed by atoms with E-state index in [0.29, 0.717) is 10.9 Å². The Hall–Kier alpha value is -3.19. The van der Waals surface area contributed by atoms with E-state index in [4.69, 9.17) is 4.74 Å². The summed E-state index contributed by atoms with van der Waals surface area (Å²) in [6.07, 6.45) is 1.91. The van der Waals surface area contributed by atoms with Gasteiger partial charge in [-0.05, 0) is 30.3 Å². The highest BCUT2D eigenvalue weighted by atomic mass is 32.1. The van der Waals surface area contributed by atoms with Crippen LogP contribution in [-0.2, 0) is 4.79 Å². The number of para-hydroxylation sites is 1. The van der Waals surface area contributed by atoms with Crippen molar-refractivity contribution in [2.45, 2.75) is 0 Å². The fourth-order valence-corrected chi connectivity index (χ4v) is 3.30. The molecule has 26 heavy (non-hydrogen) atoms. The number of aromatic nitrogens is 2. The molecule has 0 fully saturated rings. The minimum Gasteiger partial charge on any atom is -0.484 e. The van der Waals surface area contributed by atoms with E-state index in [-0.39, 0.29) is 18.3 Å². The molecular weight excluding hydrogens is 353 g/mol. The van der Waals surface area contributed by atoms with Gasteiger partial charge < -0.3 is 9.72 Å². The zero-order chi connectivity index (χ0) is 17.9. The smallest absolute Gasteiger partial charge is 0.264 e. The molecule has 2 aromatic carbocycles. The summed E-state index contributed by atoms with van der Waals surface area (Å²) in [5.41, 5.74) is 2.82. The van der Waals surface area contributed by atoms with E-state index in [1.54, 1.807) is 0 Å². The maximum absolute atomic E-state index is 12.8.